The summed E-state index contributed by atoms with van der Waals surface area (Å²) in [5.41, 5.74) is 4.05. The summed E-state index contributed by atoms with van der Waals surface area (Å²) in [6.45, 7) is 2.11. The quantitative estimate of drug-likeness (QED) is 0.589. The second-order valence-electron chi connectivity index (χ2n) is 4.40. The topological polar surface area (TPSA) is 60.2 Å². The summed E-state index contributed by atoms with van der Waals surface area (Å²) in [6, 6.07) is 4.19. The van der Waals surface area contributed by atoms with Crippen molar-refractivity contribution in [3.8, 4) is 0 Å². The number of nitrogens with two attached hydrogens (primary N) is 1. The van der Waals surface area contributed by atoms with Crippen LogP contribution in [0.5, 0.6) is 0 Å². The first kappa shape index (κ1) is 11.5. The van der Waals surface area contributed by atoms with E-state index in [9.17, 15) is 0 Å². The molecule has 1 aliphatic heterocycles. The van der Waals surface area contributed by atoms with Crippen LogP contribution in [-0.4, -0.2) is 23.2 Å². The zero-order chi connectivity index (χ0) is 11.4. The smallest absolute Gasteiger partial charge is 0.0749 e. The predicted molar refractivity (Wildman–Crippen MR) is 62.6 cm³/mol. The van der Waals surface area contributed by atoms with E-state index in [0.717, 1.165) is 19.3 Å². The van der Waals surface area contributed by atoms with Crippen molar-refractivity contribution in [2.24, 2.45) is 5.84 Å². The number of hydrogen-bond donors (Lipinski definition) is 2. The van der Waals surface area contributed by atoms with Crippen molar-refractivity contribution < 1.29 is 4.74 Å². The first-order valence-corrected chi connectivity index (χ1v) is 5.80. The minimum absolute atomic E-state index is 0.175. The normalized spacial score (nSPS) is 26.9. The Morgan fingerprint density at radius 1 is 1.62 bits per heavy atom. The first-order valence-electron chi connectivity index (χ1n) is 5.80. The molecule has 0 aliphatic carbocycles. The second kappa shape index (κ2) is 5.39. The summed E-state index contributed by atoms with van der Waals surface area (Å²) >= 11 is 0. The van der Waals surface area contributed by atoms with Gasteiger partial charge < -0.3 is 4.74 Å². The Hall–Kier alpha value is -0.970. The molecule has 2 rings (SSSR count). The fourth-order valence-electron chi connectivity index (χ4n) is 2.20. The molecule has 3 N–H and O–H groups in total. The van der Waals surface area contributed by atoms with Crippen molar-refractivity contribution in [3.63, 3.8) is 0 Å². The van der Waals surface area contributed by atoms with Gasteiger partial charge in [0.15, 0.2) is 0 Å². The molecular formula is C12H19N3O. The van der Waals surface area contributed by atoms with Crippen LogP contribution in [0.3, 0.4) is 0 Å². The Morgan fingerprint density at radius 3 is 3.06 bits per heavy atom. The Morgan fingerprint density at radius 2 is 2.50 bits per heavy atom. The van der Waals surface area contributed by atoms with Gasteiger partial charge in [-0.05, 0) is 37.8 Å². The van der Waals surface area contributed by atoms with Gasteiger partial charge in [0, 0.05) is 12.4 Å². The van der Waals surface area contributed by atoms with E-state index in [-0.39, 0.29) is 12.1 Å². The number of hydrazine groups is 1. The molecule has 88 valence electrons. The van der Waals surface area contributed by atoms with Crippen LogP contribution in [0.4, 0.5) is 0 Å². The second-order valence-corrected chi connectivity index (χ2v) is 4.40. The third-order valence-corrected chi connectivity index (χ3v) is 3.11. The van der Waals surface area contributed by atoms with Crippen molar-refractivity contribution in [2.45, 2.75) is 44.4 Å². The number of aromatic nitrogens is 1. The molecule has 1 fully saturated rings. The average Bonchev–Trinajstić information content (AvgIpc) is 2.74. The number of hydrogen-bond acceptors (Lipinski definition) is 4. The molecule has 3 atom stereocenters. The van der Waals surface area contributed by atoms with Crippen molar-refractivity contribution in [2.75, 3.05) is 0 Å². The van der Waals surface area contributed by atoms with Crippen molar-refractivity contribution in [1.29, 1.82) is 0 Å². The summed E-state index contributed by atoms with van der Waals surface area (Å²) in [7, 11) is 0. The third kappa shape index (κ3) is 2.78. The maximum absolute atomic E-state index is 5.82. The molecule has 1 saturated heterocycles. The first-order chi connectivity index (χ1) is 7.79. The Kier molecular flexibility index (Phi) is 3.88. The zero-order valence-electron chi connectivity index (χ0n) is 9.60. The maximum Gasteiger partial charge on any atom is 0.0749 e. The van der Waals surface area contributed by atoms with E-state index >= 15 is 0 Å². The highest BCUT2D eigenvalue weighted by molar-refractivity contribution is 5.11. The highest BCUT2D eigenvalue weighted by atomic mass is 16.5. The fraction of sp³-hybridized carbons (Fsp3) is 0.583. The number of pyridine rings is 1. The molecule has 3 unspecified atom stereocenters. The third-order valence-electron chi connectivity index (χ3n) is 3.11. The van der Waals surface area contributed by atoms with E-state index in [2.05, 4.69) is 23.4 Å². The molecule has 1 aromatic rings. The van der Waals surface area contributed by atoms with E-state index in [4.69, 9.17) is 10.6 Å². The van der Waals surface area contributed by atoms with Gasteiger partial charge in [0.25, 0.3) is 0 Å². The van der Waals surface area contributed by atoms with Gasteiger partial charge in [-0.3, -0.25) is 16.3 Å². The molecule has 16 heavy (non-hydrogen) atoms. The Balaban J connectivity index is 1.96. The Labute approximate surface area is 96.2 Å². The lowest BCUT2D eigenvalue weighted by Crippen LogP contribution is -2.45. The van der Waals surface area contributed by atoms with Gasteiger partial charge in [0.2, 0.25) is 0 Å². The fourth-order valence-corrected chi connectivity index (χ4v) is 2.20. The lowest BCUT2D eigenvalue weighted by molar-refractivity contribution is 0.0320. The lowest BCUT2D eigenvalue weighted by Gasteiger charge is -2.22. The van der Waals surface area contributed by atoms with Gasteiger partial charge in [0.05, 0.1) is 18.2 Å². The number of nitrogens with zero attached hydrogens (tertiary/aromatic N) is 1. The van der Waals surface area contributed by atoms with Gasteiger partial charge in [-0.2, -0.15) is 0 Å². The SMILES string of the molecule is CC1CCC(C(Cc2cccnc2)NN)O1. The van der Waals surface area contributed by atoms with E-state index < -0.39 is 0 Å². The van der Waals surface area contributed by atoms with Gasteiger partial charge in [-0.1, -0.05) is 6.07 Å². The number of rotatable bonds is 4. The van der Waals surface area contributed by atoms with Gasteiger partial charge in [-0.25, -0.2) is 0 Å². The van der Waals surface area contributed by atoms with Gasteiger partial charge in [0.1, 0.15) is 0 Å². The molecule has 0 aromatic carbocycles. The van der Waals surface area contributed by atoms with Crippen molar-refractivity contribution in [1.82, 2.24) is 10.4 Å². The number of ether oxygens (including phenoxy) is 1. The van der Waals surface area contributed by atoms with Gasteiger partial charge >= 0.3 is 0 Å². The monoisotopic (exact) mass is 221 g/mol. The van der Waals surface area contributed by atoms with Crippen LogP contribution >= 0.6 is 0 Å². The van der Waals surface area contributed by atoms with Crippen LogP contribution < -0.4 is 11.3 Å². The maximum atomic E-state index is 5.82. The molecule has 1 aliphatic rings. The summed E-state index contributed by atoms with van der Waals surface area (Å²) in [5.74, 6) is 5.60. The highest BCUT2D eigenvalue weighted by Crippen LogP contribution is 2.23. The minimum Gasteiger partial charge on any atom is -0.374 e. The van der Waals surface area contributed by atoms with E-state index in [1.165, 1.54) is 5.56 Å². The summed E-state index contributed by atoms with van der Waals surface area (Å²) < 4.78 is 5.82. The molecule has 1 aromatic heterocycles. The lowest BCUT2D eigenvalue weighted by atomic mass is 10.0. The largest absolute Gasteiger partial charge is 0.374 e. The van der Waals surface area contributed by atoms with Crippen molar-refractivity contribution >= 4 is 0 Å². The van der Waals surface area contributed by atoms with E-state index in [0.29, 0.717) is 6.10 Å². The van der Waals surface area contributed by atoms with Crippen LogP contribution in [-0.2, 0) is 11.2 Å². The Bertz CT molecular complexity index is 317. The molecule has 0 radical (unpaired) electrons. The van der Waals surface area contributed by atoms with E-state index in [1.54, 1.807) is 6.20 Å². The van der Waals surface area contributed by atoms with Crippen LogP contribution in [0.15, 0.2) is 24.5 Å². The molecular weight excluding hydrogens is 202 g/mol. The van der Waals surface area contributed by atoms with Crippen LogP contribution in [0.25, 0.3) is 0 Å². The summed E-state index contributed by atoms with van der Waals surface area (Å²) in [6.07, 6.45) is 7.30. The molecule has 0 amide bonds. The molecule has 0 bridgehead atoms. The van der Waals surface area contributed by atoms with Crippen molar-refractivity contribution in [3.05, 3.63) is 30.1 Å². The highest BCUT2D eigenvalue weighted by Gasteiger charge is 2.28. The summed E-state index contributed by atoms with van der Waals surface area (Å²) in [4.78, 5) is 4.10. The van der Waals surface area contributed by atoms with E-state index in [1.807, 2.05) is 12.3 Å². The van der Waals surface area contributed by atoms with Gasteiger partial charge in [-0.15, -0.1) is 0 Å². The number of nitrogens with one attached hydrogen (secondary N) is 1. The molecule has 0 saturated carbocycles. The standard InChI is InChI=1S/C12H19N3O/c1-9-4-5-12(16-9)11(15-13)7-10-3-2-6-14-8-10/h2-3,6,8-9,11-12,15H,4-5,7,13H2,1H3. The minimum atomic E-state index is 0.175. The van der Waals surface area contributed by atoms with Crippen LogP contribution in [0, 0.1) is 0 Å². The molecule has 0 spiro atoms. The summed E-state index contributed by atoms with van der Waals surface area (Å²) in [5, 5.41) is 0. The average molecular weight is 221 g/mol. The van der Waals surface area contributed by atoms with Crippen LogP contribution in [0.2, 0.25) is 0 Å². The molecule has 4 heteroatoms. The predicted octanol–water partition coefficient (Wildman–Crippen LogP) is 1.02. The molecule has 4 nitrogen and oxygen atoms in total. The van der Waals surface area contributed by atoms with Crippen LogP contribution in [0.1, 0.15) is 25.3 Å². The zero-order valence-corrected chi connectivity index (χ0v) is 9.60. The molecule has 2 heterocycles.